The lowest BCUT2D eigenvalue weighted by Crippen LogP contribution is -2.41. The SMILES string of the molecule is CC(C)C(CN)N(C)Cc1ccc2c(c1)CC(=O)N2. The molecule has 19 heavy (non-hydrogen) atoms. The summed E-state index contributed by atoms with van der Waals surface area (Å²) in [6, 6.07) is 6.58. The molecule has 0 fully saturated rings. The molecule has 1 aliphatic heterocycles. The second kappa shape index (κ2) is 5.72. The van der Waals surface area contributed by atoms with Crippen LogP contribution in [0.5, 0.6) is 0 Å². The van der Waals surface area contributed by atoms with Crippen LogP contribution in [0.25, 0.3) is 0 Å². The topological polar surface area (TPSA) is 58.4 Å². The highest BCUT2D eigenvalue weighted by Gasteiger charge is 2.20. The van der Waals surface area contributed by atoms with Crippen molar-refractivity contribution < 1.29 is 4.79 Å². The van der Waals surface area contributed by atoms with Crippen LogP contribution in [0.4, 0.5) is 5.69 Å². The summed E-state index contributed by atoms with van der Waals surface area (Å²) in [5.41, 5.74) is 9.13. The molecule has 3 N–H and O–H groups in total. The summed E-state index contributed by atoms with van der Waals surface area (Å²) in [5, 5.41) is 2.86. The smallest absolute Gasteiger partial charge is 0.228 e. The third-order valence-electron chi connectivity index (χ3n) is 3.80. The molecule has 2 rings (SSSR count). The maximum atomic E-state index is 11.3. The zero-order valence-corrected chi connectivity index (χ0v) is 11.9. The van der Waals surface area contributed by atoms with Gasteiger partial charge in [0, 0.05) is 24.8 Å². The Morgan fingerprint density at radius 2 is 2.16 bits per heavy atom. The van der Waals surface area contributed by atoms with E-state index in [1.165, 1.54) is 5.56 Å². The van der Waals surface area contributed by atoms with Gasteiger partial charge in [0.15, 0.2) is 0 Å². The summed E-state index contributed by atoms with van der Waals surface area (Å²) >= 11 is 0. The summed E-state index contributed by atoms with van der Waals surface area (Å²) in [6.07, 6.45) is 0.497. The molecule has 0 aliphatic carbocycles. The van der Waals surface area contributed by atoms with Crippen molar-refractivity contribution in [3.63, 3.8) is 0 Å². The molecule has 1 heterocycles. The van der Waals surface area contributed by atoms with Gasteiger partial charge in [0.1, 0.15) is 0 Å². The van der Waals surface area contributed by atoms with Crippen LogP contribution >= 0.6 is 0 Å². The van der Waals surface area contributed by atoms with Gasteiger partial charge in [-0.15, -0.1) is 0 Å². The fourth-order valence-corrected chi connectivity index (χ4v) is 2.75. The van der Waals surface area contributed by atoms with Crippen molar-refractivity contribution in [1.29, 1.82) is 0 Å². The molecule has 0 radical (unpaired) electrons. The van der Waals surface area contributed by atoms with Crippen molar-refractivity contribution in [3.05, 3.63) is 29.3 Å². The number of nitrogens with two attached hydrogens (primary N) is 1. The molecule has 1 aliphatic rings. The van der Waals surface area contributed by atoms with E-state index in [9.17, 15) is 4.79 Å². The molecular weight excluding hydrogens is 238 g/mol. The highest BCUT2D eigenvalue weighted by Crippen LogP contribution is 2.24. The van der Waals surface area contributed by atoms with Gasteiger partial charge in [-0.3, -0.25) is 9.69 Å². The van der Waals surface area contributed by atoms with Gasteiger partial charge in [-0.1, -0.05) is 26.0 Å². The van der Waals surface area contributed by atoms with Gasteiger partial charge in [0.25, 0.3) is 0 Å². The number of nitrogens with zero attached hydrogens (tertiary/aromatic N) is 1. The summed E-state index contributed by atoms with van der Waals surface area (Å²) in [4.78, 5) is 13.6. The van der Waals surface area contributed by atoms with E-state index in [4.69, 9.17) is 5.73 Å². The van der Waals surface area contributed by atoms with Crippen molar-refractivity contribution >= 4 is 11.6 Å². The Kier molecular flexibility index (Phi) is 4.22. The van der Waals surface area contributed by atoms with Gasteiger partial charge < -0.3 is 11.1 Å². The van der Waals surface area contributed by atoms with Gasteiger partial charge in [-0.2, -0.15) is 0 Å². The lowest BCUT2D eigenvalue weighted by atomic mass is 10.0. The Morgan fingerprint density at radius 1 is 1.42 bits per heavy atom. The molecule has 0 aromatic heterocycles. The number of carbonyl (C=O) groups is 1. The van der Waals surface area contributed by atoms with E-state index in [-0.39, 0.29) is 5.91 Å². The maximum absolute atomic E-state index is 11.3. The van der Waals surface area contributed by atoms with Gasteiger partial charge in [0.05, 0.1) is 6.42 Å². The number of carbonyl (C=O) groups excluding carboxylic acids is 1. The van der Waals surface area contributed by atoms with Crippen LogP contribution in [0.2, 0.25) is 0 Å². The first-order valence-electron chi connectivity index (χ1n) is 6.83. The van der Waals surface area contributed by atoms with Gasteiger partial charge in [-0.05, 0) is 30.2 Å². The number of nitrogens with one attached hydrogen (secondary N) is 1. The van der Waals surface area contributed by atoms with Crippen LogP contribution < -0.4 is 11.1 Å². The van der Waals surface area contributed by atoms with Gasteiger partial charge >= 0.3 is 0 Å². The quantitative estimate of drug-likeness (QED) is 0.846. The number of hydrogen-bond donors (Lipinski definition) is 2. The molecule has 1 unspecified atom stereocenters. The molecule has 0 spiro atoms. The van der Waals surface area contributed by atoms with E-state index in [1.807, 2.05) is 6.07 Å². The maximum Gasteiger partial charge on any atom is 0.228 e. The molecule has 104 valence electrons. The minimum Gasteiger partial charge on any atom is -0.329 e. The fraction of sp³-hybridized carbons (Fsp3) is 0.533. The predicted octanol–water partition coefficient (Wildman–Crippen LogP) is 1.60. The first-order valence-corrected chi connectivity index (χ1v) is 6.83. The molecule has 0 bridgehead atoms. The van der Waals surface area contributed by atoms with E-state index in [0.29, 0.717) is 24.9 Å². The Balaban J connectivity index is 2.08. The van der Waals surface area contributed by atoms with Crippen molar-refractivity contribution in [1.82, 2.24) is 4.90 Å². The van der Waals surface area contributed by atoms with Crippen LogP contribution in [-0.4, -0.2) is 30.4 Å². The summed E-state index contributed by atoms with van der Waals surface area (Å²) in [6.45, 7) is 5.92. The summed E-state index contributed by atoms with van der Waals surface area (Å²) in [7, 11) is 2.11. The molecule has 0 saturated carbocycles. The summed E-state index contributed by atoms with van der Waals surface area (Å²) in [5.74, 6) is 0.621. The normalized spacial score (nSPS) is 15.8. The number of rotatable bonds is 5. The zero-order chi connectivity index (χ0) is 14.0. The number of amides is 1. The fourth-order valence-electron chi connectivity index (χ4n) is 2.75. The number of benzene rings is 1. The van der Waals surface area contributed by atoms with Crippen molar-refractivity contribution in [2.24, 2.45) is 11.7 Å². The van der Waals surface area contributed by atoms with E-state index in [2.05, 4.69) is 43.2 Å². The van der Waals surface area contributed by atoms with Gasteiger partial charge in [-0.25, -0.2) is 0 Å². The molecule has 1 atom stereocenters. The number of likely N-dealkylation sites (N-methyl/N-ethyl adjacent to an activating group) is 1. The van der Waals surface area contributed by atoms with Crippen LogP contribution in [0.1, 0.15) is 25.0 Å². The van der Waals surface area contributed by atoms with E-state index >= 15 is 0 Å². The van der Waals surface area contributed by atoms with Crippen LogP contribution in [-0.2, 0) is 17.8 Å². The molecule has 1 amide bonds. The van der Waals surface area contributed by atoms with Crippen LogP contribution in [0.15, 0.2) is 18.2 Å². The van der Waals surface area contributed by atoms with E-state index in [0.717, 1.165) is 17.8 Å². The van der Waals surface area contributed by atoms with Gasteiger partial charge in [0.2, 0.25) is 5.91 Å². The van der Waals surface area contributed by atoms with E-state index < -0.39 is 0 Å². The minimum atomic E-state index is 0.0857. The Hall–Kier alpha value is -1.39. The van der Waals surface area contributed by atoms with Crippen molar-refractivity contribution in [2.45, 2.75) is 32.9 Å². The first kappa shape index (κ1) is 14.0. The minimum absolute atomic E-state index is 0.0857. The number of hydrogen-bond acceptors (Lipinski definition) is 3. The standard InChI is InChI=1S/C15H23N3O/c1-10(2)14(8-16)18(3)9-11-4-5-13-12(6-11)7-15(19)17-13/h4-6,10,14H,7-9,16H2,1-3H3,(H,17,19). The molecule has 1 aromatic rings. The van der Waals surface area contributed by atoms with E-state index in [1.54, 1.807) is 0 Å². The van der Waals surface area contributed by atoms with Crippen LogP contribution in [0.3, 0.4) is 0 Å². The zero-order valence-electron chi connectivity index (χ0n) is 11.9. The largest absolute Gasteiger partial charge is 0.329 e. The average molecular weight is 261 g/mol. The third-order valence-corrected chi connectivity index (χ3v) is 3.80. The first-order chi connectivity index (χ1) is 9.01. The molecule has 4 nitrogen and oxygen atoms in total. The molecule has 4 heteroatoms. The second-order valence-corrected chi connectivity index (χ2v) is 5.68. The Morgan fingerprint density at radius 3 is 2.79 bits per heavy atom. The molecular formula is C15H23N3O. The molecule has 0 saturated heterocycles. The highest BCUT2D eigenvalue weighted by atomic mass is 16.1. The molecule has 1 aromatic carbocycles. The summed E-state index contributed by atoms with van der Waals surface area (Å²) < 4.78 is 0. The Bertz CT molecular complexity index is 470. The van der Waals surface area contributed by atoms with Crippen molar-refractivity contribution in [2.75, 3.05) is 18.9 Å². The number of anilines is 1. The lowest BCUT2D eigenvalue weighted by molar-refractivity contribution is -0.115. The average Bonchev–Trinajstić information content (AvgIpc) is 2.68. The van der Waals surface area contributed by atoms with Crippen LogP contribution in [0, 0.1) is 5.92 Å². The second-order valence-electron chi connectivity index (χ2n) is 5.68. The monoisotopic (exact) mass is 261 g/mol. The predicted molar refractivity (Wildman–Crippen MR) is 77.9 cm³/mol. The van der Waals surface area contributed by atoms with Crippen molar-refractivity contribution in [3.8, 4) is 0 Å². The third kappa shape index (κ3) is 3.14. The Labute approximate surface area is 115 Å². The number of fused-ring (bicyclic) bond motifs is 1. The lowest BCUT2D eigenvalue weighted by Gasteiger charge is -2.30. The highest BCUT2D eigenvalue weighted by molar-refractivity contribution is 5.99.